The molecule has 1 atom stereocenters. The molecule has 0 fully saturated rings. The lowest BCUT2D eigenvalue weighted by Crippen LogP contribution is -2.50. The average molecular weight is 583 g/mol. The van der Waals surface area contributed by atoms with Crippen LogP contribution in [0.3, 0.4) is 0 Å². The van der Waals surface area contributed by atoms with Crippen molar-refractivity contribution in [3.63, 3.8) is 0 Å². The fourth-order valence-electron chi connectivity index (χ4n) is 4.98. The van der Waals surface area contributed by atoms with E-state index in [4.69, 9.17) is 14.2 Å². The van der Waals surface area contributed by atoms with Crippen LogP contribution in [0.4, 0.5) is 5.69 Å². The number of amides is 2. The number of aromatic nitrogens is 4. The number of fused-ring (bicyclic) bond motifs is 2. The molecule has 0 aliphatic carbocycles. The Bertz CT molecular complexity index is 1770. The third kappa shape index (κ3) is 6.06. The van der Waals surface area contributed by atoms with Crippen LogP contribution < -0.4 is 24.4 Å². The highest BCUT2D eigenvalue weighted by molar-refractivity contribution is 6.03. The first-order valence-electron chi connectivity index (χ1n) is 13.7. The number of benzene rings is 3. The molecule has 2 heterocycles. The molecule has 0 spiro atoms. The van der Waals surface area contributed by atoms with E-state index in [1.54, 1.807) is 18.3 Å². The van der Waals surface area contributed by atoms with Crippen LogP contribution in [0.1, 0.15) is 32.4 Å². The number of carbonyl (C=O) groups is 2. The number of pyridine rings is 1. The zero-order valence-corrected chi connectivity index (χ0v) is 25.0. The van der Waals surface area contributed by atoms with Gasteiger partial charge in [0.25, 0.3) is 0 Å². The number of ether oxygens (including phenoxy) is 3. The Labute approximate surface area is 249 Å². The summed E-state index contributed by atoms with van der Waals surface area (Å²) in [4.78, 5) is 34.7. The first kappa shape index (κ1) is 29.3. The molecule has 0 aliphatic rings. The van der Waals surface area contributed by atoms with Gasteiger partial charge in [0.2, 0.25) is 17.6 Å². The van der Waals surface area contributed by atoms with E-state index in [9.17, 15) is 9.59 Å². The molecule has 0 unspecified atom stereocenters. The standard InChI is InChI=1S/C32H34N6O5/c1-32(2,3)34-31(40)29(21-16-26(41-4)30(43-6)27(17-21)42-5)38(22-15-20-11-7-8-12-23(20)33-18-22)28(39)19-37-25-14-10-9-13-24(25)35-36-37/h7-18,29H,19H2,1-6H3,(H,34,40)/t29-/m0/s1. The smallest absolute Gasteiger partial charge is 0.249 e. The predicted octanol–water partition coefficient (Wildman–Crippen LogP) is 4.69. The molecule has 11 heteroatoms. The topological polar surface area (TPSA) is 121 Å². The van der Waals surface area contributed by atoms with Crippen LogP contribution in [0, 0.1) is 0 Å². The summed E-state index contributed by atoms with van der Waals surface area (Å²) < 4.78 is 18.3. The van der Waals surface area contributed by atoms with Gasteiger partial charge in [-0.3, -0.25) is 19.5 Å². The largest absolute Gasteiger partial charge is 0.493 e. The summed E-state index contributed by atoms with van der Waals surface area (Å²) >= 11 is 0. The normalized spacial score (nSPS) is 12.1. The summed E-state index contributed by atoms with van der Waals surface area (Å²) in [5, 5.41) is 12.3. The molecule has 222 valence electrons. The molecule has 43 heavy (non-hydrogen) atoms. The van der Waals surface area contributed by atoms with Crippen LogP contribution in [-0.4, -0.2) is 58.7 Å². The second-order valence-electron chi connectivity index (χ2n) is 11.0. The third-order valence-electron chi connectivity index (χ3n) is 6.84. The van der Waals surface area contributed by atoms with Crippen molar-refractivity contribution in [2.45, 2.75) is 38.9 Å². The molecule has 5 aromatic rings. The Morgan fingerprint density at radius 3 is 2.21 bits per heavy atom. The van der Waals surface area contributed by atoms with Crippen molar-refractivity contribution >= 4 is 39.4 Å². The Morgan fingerprint density at radius 1 is 0.907 bits per heavy atom. The van der Waals surface area contributed by atoms with Gasteiger partial charge in [-0.2, -0.15) is 0 Å². The summed E-state index contributed by atoms with van der Waals surface area (Å²) in [6.07, 6.45) is 1.59. The molecule has 0 saturated heterocycles. The molecule has 3 aromatic carbocycles. The number of carbonyl (C=O) groups excluding carboxylic acids is 2. The van der Waals surface area contributed by atoms with E-state index in [-0.39, 0.29) is 6.54 Å². The SMILES string of the molecule is COc1cc([C@@H](C(=O)NC(C)(C)C)N(C(=O)Cn2nnc3ccccc32)c2cnc3ccccc3c2)cc(OC)c1OC. The molecule has 5 rings (SSSR count). The number of rotatable bonds is 9. The number of nitrogens with zero attached hydrogens (tertiary/aromatic N) is 5. The maximum Gasteiger partial charge on any atom is 0.249 e. The van der Waals surface area contributed by atoms with Crippen molar-refractivity contribution in [3.05, 3.63) is 78.5 Å². The summed E-state index contributed by atoms with van der Waals surface area (Å²) in [5.74, 6) is 0.235. The van der Waals surface area contributed by atoms with E-state index < -0.39 is 23.4 Å². The molecular formula is C32H34N6O5. The molecule has 2 amide bonds. The van der Waals surface area contributed by atoms with Gasteiger partial charge >= 0.3 is 0 Å². The number of anilines is 1. The van der Waals surface area contributed by atoms with Crippen molar-refractivity contribution in [1.82, 2.24) is 25.3 Å². The maximum atomic E-state index is 14.5. The van der Waals surface area contributed by atoms with Gasteiger partial charge in [0.1, 0.15) is 18.1 Å². The van der Waals surface area contributed by atoms with Crippen molar-refractivity contribution in [2.75, 3.05) is 26.2 Å². The molecule has 11 nitrogen and oxygen atoms in total. The van der Waals surface area contributed by atoms with E-state index in [1.807, 2.05) is 75.4 Å². The lowest BCUT2D eigenvalue weighted by atomic mass is 9.99. The van der Waals surface area contributed by atoms with E-state index >= 15 is 0 Å². The van der Waals surface area contributed by atoms with Crippen molar-refractivity contribution in [1.29, 1.82) is 0 Å². The lowest BCUT2D eigenvalue weighted by molar-refractivity contribution is -0.128. The van der Waals surface area contributed by atoms with Crippen LogP contribution in [0.5, 0.6) is 17.2 Å². The molecule has 0 saturated carbocycles. The monoisotopic (exact) mass is 582 g/mol. The zero-order valence-electron chi connectivity index (χ0n) is 25.0. The van der Waals surface area contributed by atoms with Crippen molar-refractivity contribution < 1.29 is 23.8 Å². The van der Waals surface area contributed by atoms with Crippen LogP contribution in [-0.2, 0) is 16.1 Å². The molecule has 0 aliphatic heterocycles. The highest BCUT2D eigenvalue weighted by Gasteiger charge is 2.36. The summed E-state index contributed by atoms with van der Waals surface area (Å²) in [6, 6.07) is 19.0. The van der Waals surface area contributed by atoms with E-state index in [0.717, 1.165) is 10.9 Å². The minimum Gasteiger partial charge on any atom is -0.493 e. The van der Waals surface area contributed by atoms with E-state index in [0.29, 0.717) is 39.5 Å². The Kier molecular flexibility index (Phi) is 8.16. The third-order valence-corrected chi connectivity index (χ3v) is 6.84. The van der Waals surface area contributed by atoms with Gasteiger partial charge in [0, 0.05) is 10.9 Å². The van der Waals surface area contributed by atoms with Gasteiger partial charge in [0.05, 0.1) is 44.2 Å². The highest BCUT2D eigenvalue weighted by Crippen LogP contribution is 2.42. The quantitative estimate of drug-likeness (QED) is 0.266. The Morgan fingerprint density at radius 2 is 1.56 bits per heavy atom. The zero-order chi connectivity index (χ0) is 30.7. The van der Waals surface area contributed by atoms with E-state index in [2.05, 4.69) is 20.6 Å². The van der Waals surface area contributed by atoms with Crippen molar-refractivity contribution in [3.8, 4) is 17.2 Å². The maximum absolute atomic E-state index is 14.5. The molecule has 2 aromatic heterocycles. The van der Waals surface area contributed by atoms with Gasteiger partial charge < -0.3 is 19.5 Å². The molecule has 0 radical (unpaired) electrons. The number of hydrogen-bond acceptors (Lipinski definition) is 8. The summed E-state index contributed by atoms with van der Waals surface area (Å²) in [7, 11) is 4.50. The minimum absolute atomic E-state index is 0.183. The summed E-state index contributed by atoms with van der Waals surface area (Å²) in [6.45, 7) is 5.45. The lowest BCUT2D eigenvalue weighted by Gasteiger charge is -2.34. The number of nitrogens with one attached hydrogen (secondary N) is 1. The van der Waals surface area contributed by atoms with Gasteiger partial charge in [-0.1, -0.05) is 35.5 Å². The summed E-state index contributed by atoms with van der Waals surface area (Å²) in [5.41, 5.74) is 2.37. The fourth-order valence-corrected chi connectivity index (χ4v) is 4.98. The average Bonchev–Trinajstić information content (AvgIpc) is 3.40. The highest BCUT2D eigenvalue weighted by atomic mass is 16.5. The van der Waals surface area contributed by atoms with Crippen LogP contribution in [0.2, 0.25) is 0 Å². The molecule has 0 bridgehead atoms. The first-order chi connectivity index (χ1) is 20.6. The second-order valence-corrected chi connectivity index (χ2v) is 11.0. The van der Waals surface area contributed by atoms with Gasteiger partial charge in [-0.25, -0.2) is 4.68 Å². The molecular weight excluding hydrogens is 548 g/mol. The number of para-hydroxylation sites is 2. The van der Waals surface area contributed by atoms with Gasteiger partial charge in [-0.15, -0.1) is 5.10 Å². The number of hydrogen-bond donors (Lipinski definition) is 1. The van der Waals surface area contributed by atoms with Crippen molar-refractivity contribution in [2.24, 2.45) is 0 Å². The molecule has 1 N–H and O–H groups in total. The van der Waals surface area contributed by atoms with Gasteiger partial charge in [-0.05, 0) is 62.7 Å². The predicted molar refractivity (Wildman–Crippen MR) is 163 cm³/mol. The number of methoxy groups -OCH3 is 3. The van der Waals surface area contributed by atoms with E-state index in [1.165, 1.54) is 30.9 Å². The fraction of sp³-hybridized carbons (Fsp3) is 0.281. The van der Waals surface area contributed by atoms with Crippen LogP contribution >= 0.6 is 0 Å². The van der Waals surface area contributed by atoms with Crippen LogP contribution in [0.25, 0.3) is 21.9 Å². The van der Waals surface area contributed by atoms with Crippen LogP contribution in [0.15, 0.2) is 72.9 Å². The Balaban J connectivity index is 1.72. The van der Waals surface area contributed by atoms with Gasteiger partial charge in [0.15, 0.2) is 11.5 Å². The minimum atomic E-state index is -1.15. The second kappa shape index (κ2) is 12.0. The Hall–Kier alpha value is -5.19. The first-order valence-corrected chi connectivity index (χ1v) is 13.7.